The zero-order valence-electron chi connectivity index (χ0n) is 22.2. The Balaban J connectivity index is 0.000000186. The van der Waals surface area contributed by atoms with Crippen LogP contribution in [0.4, 0.5) is 0 Å². The van der Waals surface area contributed by atoms with Crippen LogP contribution in [0.5, 0.6) is 0 Å². The summed E-state index contributed by atoms with van der Waals surface area (Å²) in [5.74, 6) is 0. The Hall–Kier alpha value is -4.10. The predicted molar refractivity (Wildman–Crippen MR) is 148 cm³/mol. The average molecular weight is 673 g/mol. The topological polar surface area (TPSA) is 62.7 Å². The Morgan fingerprint density at radius 1 is 0.868 bits per heavy atom. The molecule has 0 unspecified atom stereocenters. The summed E-state index contributed by atoms with van der Waals surface area (Å²) < 4.78 is 14.0. The van der Waals surface area contributed by atoms with Crippen LogP contribution in [0.1, 0.15) is 33.3 Å². The van der Waals surface area contributed by atoms with Crippen LogP contribution in [-0.4, -0.2) is 9.97 Å². The molecule has 0 saturated carbocycles. The summed E-state index contributed by atoms with van der Waals surface area (Å²) in [5, 5.41) is 10.8. The zero-order chi connectivity index (χ0) is 26.7. The van der Waals surface area contributed by atoms with E-state index in [1.165, 1.54) is 5.56 Å². The van der Waals surface area contributed by atoms with Crippen molar-refractivity contribution in [2.75, 3.05) is 0 Å². The molecule has 0 bridgehead atoms. The van der Waals surface area contributed by atoms with Crippen molar-refractivity contribution < 1.29 is 25.9 Å². The molecule has 6 aromatic rings. The minimum atomic E-state index is 0. The molecule has 5 heteroatoms. The number of furan rings is 1. The van der Waals surface area contributed by atoms with E-state index in [-0.39, 0.29) is 31.6 Å². The van der Waals surface area contributed by atoms with Gasteiger partial charge in [-0.2, -0.15) is 5.26 Å². The number of aromatic nitrogens is 2. The molecule has 38 heavy (non-hydrogen) atoms. The molecule has 3 heterocycles. The van der Waals surface area contributed by atoms with Crippen molar-refractivity contribution in [3.05, 3.63) is 121 Å². The average Bonchev–Trinajstić information content (AvgIpc) is 3.34. The number of rotatable bonds is 2. The first-order valence-electron chi connectivity index (χ1n) is 12.5. The third-order valence-electron chi connectivity index (χ3n) is 6.00. The number of nitrogens with zero attached hydrogens (tertiary/aromatic N) is 3. The van der Waals surface area contributed by atoms with Crippen LogP contribution in [0, 0.1) is 23.5 Å². The van der Waals surface area contributed by atoms with E-state index in [4.69, 9.17) is 11.0 Å². The van der Waals surface area contributed by atoms with Crippen molar-refractivity contribution in [1.82, 2.24) is 9.97 Å². The molecule has 0 aliphatic carbocycles. The minimum Gasteiger partial charge on any atom is -0.501 e. The SMILES string of the molecule is CC(C)(C)c1cc[c-]c(-c2ccccn2)c1.[2H]c1c(C#N)ccc2c1oc1c(-c3ccccn3)[c-]ccc12.[Ir]. The quantitative estimate of drug-likeness (QED) is 0.174. The van der Waals surface area contributed by atoms with E-state index in [1.54, 1.807) is 12.3 Å². The molecule has 0 atom stereocenters. The maximum atomic E-state index is 9.06. The molecule has 3 aromatic heterocycles. The Kier molecular flexibility index (Phi) is 7.75. The van der Waals surface area contributed by atoms with E-state index >= 15 is 0 Å². The van der Waals surface area contributed by atoms with Crippen LogP contribution in [0.2, 0.25) is 0 Å². The van der Waals surface area contributed by atoms with Crippen molar-refractivity contribution >= 4 is 21.9 Å². The van der Waals surface area contributed by atoms with E-state index in [9.17, 15) is 0 Å². The van der Waals surface area contributed by atoms with Gasteiger partial charge in [0.2, 0.25) is 0 Å². The molecule has 4 nitrogen and oxygen atoms in total. The first-order chi connectivity index (χ1) is 18.4. The fraction of sp³-hybridized carbons (Fsp3) is 0.121. The number of fused-ring (bicyclic) bond motifs is 3. The molecular formula is C33H25IrN3O-2. The van der Waals surface area contributed by atoms with Gasteiger partial charge in [0, 0.05) is 37.9 Å². The van der Waals surface area contributed by atoms with Gasteiger partial charge >= 0.3 is 0 Å². The van der Waals surface area contributed by atoms with E-state index in [1.807, 2.05) is 72.9 Å². The van der Waals surface area contributed by atoms with Gasteiger partial charge in [0.1, 0.15) is 5.58 Å². The molecule has 0 aliphatic rings. The third-order valence-corrected chi connectivity index (χ3v) is 6.00. The number of pyridine rings is 2. The van der Waals surface area contributed by atoms with Gasteiger partial charge in [-0.1, -0.05) is 62.1 Å². The van der Waals surface area contributed by atoms with E-state index in [2.05, 4.69) is 55.0 Å². The Morgan fingerprint density at radius 2 is 1.58 bits per heavy atom. The molecule has 189 valence electrons. The summed E-state index contributed by atoms with van der Waals surface area (Å²) in [6.07, 6.45) is 3.53. The summed E-state index contributed by atoms with van der Waals surface area (Å²) >= 11 is 0. The van der Waals surface area contributed by atoms with Crippen molar-refractivity contribution in [1.29, 1.82) is 5.26 Å². The van der Waals surface area contributed by atoms with Crippen LogP contribution in [0.25, 0.3) is 44.5 Å². The van der Waals surface area contributed by atoms with Gasteiger partial charge in [-0.3, -0.25) is 0 Å². The Bertz CT molecular complexity index is 1770. The summed E-state index contributed by atoms with van der Waals surface area (Å²) in [7, 11) is 0. The second-order valence-electron chi connectivity index (χ2n) is 9.60. The molecule has 1 radical (unpaired) electrons. The van der Waals surface area contributed by atoms with Gasteiger partial charge < -0.3 is 14.4 Å². The summed E-state index contributed by atoms with van der Waals surface area (Å²) in [6, 6.07) is 33.6. The molecule has 0 amide bonds. The smallest absolute Gasteiger partial charge is 0.122 e. The van der Waals surface area contributed by atoms with E-state index in [0.29, 0.717) is 16.7 Å². The van der Waals surface area contributed by atoms with Crippen LogP contribution in [0.3, 0.4) is 0 Å². The molecule has 0 fully saturated rings. The van der Waals surface area contributed by atoms with Crippen LogP contribution >= 0.6 is 0 Å². The number of benzene rings is 3. The fourth-order valence-electron chi connectivity index (χ4n) is 4.04. The van der Waals surface area contributed by atoms with E-state index in [0.717, 1.165) is 33.3 Å². The van der Waals surface area contributed by atoms with Crippen LogP contribution in [-0.2, 0) is 25.5 Å². The molecular weight excluding hydrogens is 647 g/mol. The van der Waals surface area contributed by atoms with Crippen molar-refractivity contribution in [2.24, 2.45) is 0 Å². The van der Waals surface area contributed by atoms with Gasteiger partial charge in [0.15, 0.2) is 0 Å². The number of hydrogen-bond acceptors (Lipinski definition) is 4. The first kappa shape index (κ1) is 25.5. The summed E-state index contributed by atoms with van der Waals surface area (Å²) in [6.45, 7) is 6.64. The third kappa shape index (κ3) is 5.73. The van der Waals surface area contributed by atoms with Gasteiger partial charge in [-0.25, -0.2) is 0 Å². The molecule has 0 saturated heterocycles. The second-order valence-corrected chi connectivity index (χ2v) is 9.60. The van der Waals surface area contributed by atoms with Crippen molar-refractivity contribution in [3.8, 4) is 28.6 Å². The monoisotopic (exact) mass is 673 g/mol. The van der Waals surface area contributed by atoms with Gasteiger partial charge in [0.05, 0.1) is 18.6 Å². The minimum absolute atomic E-state index is 0. The normalized spacial score (nSPS) is 11.2. The van der Waals surface area contributed by atoms with Crippen LogP contribution in [0.15, 0.2) is 102 Å². The Morgan fingerprint density at radius 3 is 2.24 bits per heavy atom. The molecule has 0 spiro atoms. The maximum absolute atomic E-state index is 9.06. The largest absolute Gasteiger partial charge is 0.501 e. The fourth-order valence-corrected chi connectivity index (χ4v) is 4.04. The molecule has 3 aromatic carbocycles. The number of hydrogen-bond donors (Lipinski definition) is 0. The molecule has 0 aliphatic heterocycles. The summed E-state index contributed by atoms with van der Waals surface area (Å²) in [4.78, 5) is 8.68. The van der Waals surface area contributed by atoms with Gasteiger partial charge in [-0.05, 0) is 41.0 Å². The van der Waals surface area contributed by atoms with Crippen molar-refractivity contribution in [3.63, 3.8) is 0 Å². The van der Waals surface area contributed by atoms with Gasteiger partial charge in [-0.15, -0.1) is 53.6 Å². The van der Waals surface area contributed by atoms with Crippen LogP contribution < -0.4 is 0 Å². The van der Waals surface area contributed by atoms with E-state index < -0.39 is 0 Å². The molecule has 6 rings (SSSR count). The number of nitriles is 1. The maximum Gasteiger partial charge on any atom is 0.122 e. The standard InChI is InChI=1S/C18H9N2O.C15H16N.Ir/c19-11-12-7-8-13-14-4-3-5-15(16-6-1-2-9-20-16)18(14)21-17(13)10-12;1-15(2,3)13-8-6-7-12(11-13)14-9-4-5-10-16-14;/h1-4,6-10H;4-6,8-11H,1-3H3;/q2*-1;/i10D;;. The second kappa shape index (κ2) is 11.5. The first-order valence-corrected chi connectivity index (χ1v) is 12.0. The molecule has 0 N–H and O–H groups in total. The Labute approximate surface area is 237 Å². The van der Waals surface area contributed by atoms with Crippen molar-refractivity contribution in [2.45, 2.75) is 26.2 Å². The zero-order valence-corrected chi connectivity index (χ0v) is 23.6. The summed E-state index contributed by atoms with van der Waals surface area (Å²) in [5.41, 5.74) is 6.40. The van der Waals surface area contributed by atoms with Gasteiger partial charge in [0.25, 0.3) is 0 Å². The predicted octanol–water partition coefficient (Wildman–Crippen LogP) is 8.16.